The van der Waals surface area contributed by atoms with Gasteiger partial charge < -0.3 is 9.47 Å². The lowest BCUT2D eigenvalue weighted by atomic mass is 10.0. The number of hydrogen-bond donors (Lipinski definition) is 0. The zero-order chi connectivity index (χ0) is 25.0. The van der Waals surface area contributed by atoms with Crippen LogP contribution in [-0.4, -0.2) is 18.0 Å². The topological polar surface area (TPSA) is 100 Å². The Morgan fingerprint density at radius 3 is 2.23 bits per heavy atom. The Kier molecular flexibility index (Phi) is 8.93. The van der Waals surface area contributed by atoms with E-state index in [9.17, 15) is 14.9 Å². The first kappa shape index (κ1) is 25.0. The van der Waals surface area contributed by atoms with Crippen LogP contribution in [0.25, 0.3) is 6.08 Å². The van der Waals surface area contributed by atoms with E-state index >= 15 is 0 Å². The third-order valence-electron chi connectivity index (χ3n) is 5.18. The van der Waals surface area contributed by atoms with E-state index < -0.39 is 5.97 Å². The number of benzene rings is 3. The lowest BCUT2D eigenvalue weighted by Gasteiger charge is -2.17. The molecule has 0 saturated carbocycles. The fraction of sp³-hybridized carbons (Fsp3) is 0.172. The van der Waals surface area contributed by atoms with Gasteiger partial charge in [0.15, 0.2) is 0 Å². The highest BCUT2D eigenvalue weighted by Crippen LogP contribution is 2.17. The summed E-state index contributed by atoms with van der Waals surface area (Å²) in [7, 11) is 0. The lowest BCUT2D eigenvalue weighted by Crippen LogP contribution is -2.20. The Morgan fingerprint density at radius 1 is 0.943 bits per heavy atom. The van der Waals surface area contributed by atoms with Crippen LogP contribution >= 0.6 is 0 Å². The molecule has 0 spiro atoms. The number of ether oxygens (including phenoxy) is 2. The van der Waals surface area contributed by atoms with Crippen LogP contribution in [0.5, 0.6) is 5.75 Å². The molecule has 6 heteroatoms. The molecule has 0 fully saturated rings. The second-order valence-electron chi connectivity index (χ2n) is 7.82. The summed E-state index contributed by atoms with van der Waals surface area (Å²) in [5.41, 5.74) is 2.45. The summed E-state index contributed by atoms with van der Waals surface area (Å²) in [6, 6.07) is 26.2. The van der Waals surface area contributed by atoms with Crippen molar-refractivity contribution in [2.45, 2.75) is 32.3 Å². The predicted molar refractivity (Wildman–Crippen MR) is 131 cm³/mol. The smallest absolute Gasteiger partial charge is 0.354 e. The van der Waals surface area contributed by atoms with Crippen LogP contribution < -0.4 is 4.74 Å². The molecule has 174 valence electrons. The molecule has 3 aromatic rings. The van der Waals surface area contributed by atoms with Gasteiger partial charge in [0.1, 0.15) is 23.5 Å². The fourth-order valence-electron chi connectivity index (χ4n) is 3.39. The molecular weight excluding hydrogens is 440 g/mol. The highest BCUT2D eigenvalue weighted by Gasteiger charge is 2.16. The lowest BCUT2D eigenvalue weighted by molar-refractivity contribution is -0.129. The first-order valence-corrected chi connectivity index (χ1v) is 11.2. The molecule has 0 amide bonds. The Balaban J connectivity index is 1.65. The van der Waals surface area contributed by atoms with Crippen molar-refractivity contribution in [3.63, 3.8) is 0 Å². The molecule has 0 aliphatic heterocycles. The maximum Gasteiger partial charge on any atom is 0.354 e. The van der Waals surface area contributed by atoms with Gasteiger partial charge in [-0.2, -0.15) is 10.5 Å². The summed E-state index contributed by atoms with van der Waals surface area (Å²) in [6.07, 6.45) is 3.36. The van der Waals surface area contributed by atoms with Crippen molar-refractivity contribution < 1.29 is 19.1 Å². The Morgan fingerprint density at radius 2 is 1.63 bits per heavy atom. The highest BCUT2D eigenvalue weighted by molar-refractivity contribution is 5.99. The third kappa shape index (κ3) is 7.42. The second-order valence-corrected chi connectivity index (χ2v) is 7.82. The molecule has 0 saturated heterocycles. The SMILES string of the molecule is CCCC(Cc1ccc(C=C(C#N)C(=O)Oc2ccc(C#N)cc2)cc1)OC(=O)c1ccccc1. The maximum atomic E-state index is 12.4. The van der Waals surface area contributed by atoms with Gasteiger partial charge in [0, 0.05) is 6.42 Å². The second kappa shape index (κ2) is 12.5. The molecular formula is C29H24N2O4. The summed E-state index contributed by atoms with van der Waals surface area (Å²) < 4.78 is 11.0. The van der Waals surface area contributed by atoms with Gasteiger partial charge in [-0.1, -0.05) is 55.8 Å². The zero-order valence-electron chi connectivity index (χ0n) is 19.3. The van der Waals surface area contributed by atoms with E-state index in [1.807, 2.05) is 37.3 Å². The third-order valence-corrected chi connectivity index (χ3v) is 5.18. The normalized spacial score (nSPS) is 11.6. The molecule has 0 aliphatic carbocycles. The molecule has 35 heavy (non-hydrogen) atoms. The largest absolute Gasteiger partial charge is 0.458 e. The van der Waals surface area contributed by atoms with E-state index in [0.717, 1.165) is 18.4 Å². The van der Waals surface area contributed by atoms with Crippen LogP contribution in [0, 0.1) is 22.7 Å². The molecule has 0 radical (unpaired) electrons. The van der Waals surface area contributed by atoms with Gasteiger partial charge in [0.05, 0.1) is 17.2 Å². The fourth-order valence-corrected chi connectivity index (χ4v) is 3.39. The van der Waals surface area contributed by atoms with Crippen molar-refractivity contribution in [3.05, 3.63) is 107 Å². The van der Waals surface area contributed by atoms with Crippen LogP contribution in [0.1, 0.15) is 46.8 Å². The summed E-state index contributed by atoms with van der Waals surface area (Å²) in [4.78, 5) is 24.8. The summed E-state index contributed by atoms with van der Waals surface area (Å²) in [6.45, 7) is 2.04. The van der Waals surface area contributed by atoms with Crippen molar-refractivity contribution in [3.8, 4) is 17.9 Å². The van der Waals surface area contributed by atoms with E-state index in [1.54, 1.807) is 36.4 Å². The Labute approximate surface area is 204 Å². The predicted octanol–water partition coefficient (Wildman–Crippen LogP) is 5.64. The summed E-state index contributed by atoms with van der Waals surface area (Å²) in [5.74, 6) is -0.877. The summed E-state index contributed by atoms with van der Waals surface area (Å²) >= 11 is 0. The molecule has 0 aromatic heterocycles. The van der Waals surface area contributed by atoms with Gasteiger partial charge in [0.25, 0.3) is 0 Å². The van der Waals surface area contributed by atoms with E-state index in [-0.39, 0.29) is 23.4 Å². The first-order valence-electron chi connectivity index (χ1n) is 11.2. The number of nitriles is 2. The van der Waals surface area contributed by atoms with Gasteiger partial charge in [-0.05, 0) is 60.0 Å². The minimum atomic E-state index is -0.780. The van der Waals surface area contributed by atoms with Crippen molar-refractivity contribution in [2.24, 2.45) is 0 Å². The number of esters is 2. The summed E-state index contributed by atoms with van der Waals surface area (Å²) in [5, 5.41) is 18.3. The van der Waals surface area contributed by atoms with Crippen molar-refractivity contribution >= 4 is 18.0 Å². The van der Waals surface area contributed by atoms with E-state index in [4.69, 9.17) is 14.7 Å². The monoisotopic (exact) mass is 464 g/mol. The number of rotatable bonds is 9. The van der Waals surface area contributed by atoms with E-state index in [1.165, 1.54) is 30.3 Å². The van der Waals surface area contributed by atoms with Gasteiger partial charge in [-0.15, -0.1) is 0 Å². The van der Waals surface area contributed by atoms with E-state index in [2.05, 4.69) is 0 Å². The Hall–Kier alpha value is -4.68. The van der Waals surface area contributed by atoms with Crippen molar-refractivity contribution in [2.75, 3.05) is 0 Å². The molecule has 0 aliphatic rings. The quantitative estimate of drug-likeness (QED) is 0.176. The average molecular weight is 465 g/mol. The minimum Gasteiger partial charge on any atom is -0.458 e. The minimum absolute atomic E-state index is 0.150. The molecule has 0 N–H and O–H groups in total. The molecule has 3 aromatic carbocycles. The van der Waals surface area contributed by atoms with Crippen LogP contribution in [0.2, 0.25) is 0 Å². The Bertz CT molecular complexity index is 1270. The van der Waals surface area contributed by atoms with Crippen LogP contribution in [0.15, 0.2) is 84.4 Å². The molecule has 3 rings (SSSR count). The van der Waals surface area contributed by atoms with E-state index in [0.29, 0.717) is 23.1 Å². The van der Waals surface area contributed by atoms with Gasteiger partial charge >= 0.3 is 11.9 Å². The number of hydrogen-bond acceptors (Lipinski definition) is 6. The van der Waals surface area contributed by atoms with Gasteiger partial charge in [-0.3, -0.25) is 0 Å². The highest BCUT2D eigenvalue weighted by atomic mass is 16.5. The first-order chi connectivity index (χ1) is 17.0. The molecule has 0 bridgehead atoms. The molecule has 0 heterocycles. The number of carbonyl (C=O) groups excluding carboxylic acids is 2. The number of nitrogens with zero attached hydrogens (tertiary/aromatic N) is 2. The molecule has 1 atom stereocenters. The average Bonchev–Trinajstić information content (AvgIpc) is 2.89. The van der Waals surface area contributed by atoms with Crippen molar-refractivity contribution in [1.82, 2.24) is 0 Å². The maximum absolute atomic E-state index is 12.4. The number of carbonyl (C=O) groups is 2. The van der Waals surface area contributed by atoms with Gasteiger partial charge in [0.2, 0.25) is 0 Å². The zero-order valence-corrected chi connectivity index (χ0v) is 19.3. The van der Waals surface area contributed by atoms with Crippen molar-refractivity contribution in [1.29, 1.82) is 10.5 Å². The van der Waals surface area contributed by atoms with Crippen LogP contribution in [-0.2, 0) is 16.0 Å². The standard InChI is InChI=1S/C29H24N2O4/c1-2-6-27(35-28(32)24-7-4-3-5-8-24)18-22-11-9-21(10-12-22)17-25(20-31)29(33)34-26-15-13-23(19-30)14-16-26/h3-5,7-17,27H,2,6,18H2,1H3. The van der Waals surface area contributed by atoms with Gasteiger partial charge in [-0.25, -0.2) is 9.59 Å². The van der Waals surface area contributed by atoms with Crippen LogP contribution in [0.4, 0.5) is 0 Å². The van der Waals surface area contributed by atoms with Crippen LogP contribution in [0.3, 0.4) is 0 Å². The molecule has 1 unspecified atom stereocenters. The molecule has 6 nitrogen and oxygen atoms in total.